The van der Waals surface area contributed by atoms with Gasteiger partial charge in [-0.1, -0.05) is 0 Å². The van der Waals surface area contributed by atoms with Crippen molar-refractivity contribution in [3.05, 3.63) is 0 Å². The highest BCUT2D eigenvalue weighted by atomic mass is 16.5. The van der Waals surface area contributed by atoms with Crippen molar-refractivity contribution in [3.63, 3.8) is 0 Å². The van der Waals surface area contributed by atoms with Gasteiger partial charge in [0.2, 0.25) is 5.91 Å². The summed E-state index contributed by atoms with van der Waals surface area (Å²) in [5.74, 6) is 0.215. The van der Waals surface area contributed by atoms with Crippen molar-refractivity contribution >= 4 is 5.91 Å². The van der Waals surface area contributed by atoms with Gasteiger partial charge in [0.25, 0.3) is 0 Å². The molecule has 5 heteroatoms. The third-order valence-corrected chi connectivity index (χ3v) is 4.20. The van der Waals surface area contributed by atoms with Gasteiger partial charge in [-0.2, -0.15) is 0 Å². The second-order valence-electron chi connectivity index (χ2n) is 5.51. The Morgan fingerprint density at radius 2 is 2.16 bits per heavy atom. The van der Waals surface area contributed by atoms with E-state index in [1.54, 1.807) is 7.11 Å². The minimum atomic E-state index is 0.102. The molecule has 19 heavy (non-hydrogen) atoms. The van der Waals surface area contributed by atoms with Crippen molar-refractivity contribution < 1.29 is 9.53 Å². The van der Waals surface area contributed by atoms with Crippen LogP contribution < -0.4 is 10.6 Å². The maximum absolute atomic E-state index is 12.3. The number of hydrogen-bond acceptors (Lipinski definition) is 4. The molecule has 1 amide bonds. The molecule has 0 bridgehead atoms. The van der Waals surface area contributed by atoms with E-state index in [1.807, 2.05) is 0 Å². The molecule has 2 rings (SSSR count). The van der Waals surface area contributed by atoms with E-state index in [2.05, 4.69) is 15.5 Å². The van der Waals surface area contributed by atoms with Crippen molar-refractivity contribution in [1.82, 2.24) is 15.5 Å². The molecule has 0 radical (unpaired) electrons. The van der Waals surface area contributed by atoms with Crippen LogP contribution in [0.3, 0.4) is 0 Å². The average Bonchev–Trinajstić information content (AvgIpc) is 2.94. The fraction of sp³-hybridized carbons (Fsp3) is 0.929. The zero-order valence-electron chi connectivity index (χ0n) is 12.0. The second-order valence-corrected chi connectivity index (χ2v) is 5.51. The summed E-state index contributed by atoms with van der Waals surface area (Å²) >= 11 is 0. The Morgan fingerprint density at radius 3 is 2.89 bits per heavy atom. The lowest BCUT2D eigenvalue weighted by Crippen LogP contribution is -2.50. The highest BCUT2D eigenvalue weighted by Gasteiger charge is 2.35. The highest BCUT2D eigenvalue weighted by Crippen LogP contribution is 2.24. The minimum Gasteiger partial charge on any atom is -0.385 e. The lowest BCUT2D eigenvalue weighted by molar-refractivity contribution is -0.126. The van der Waals surface area contributed by atoms with Crippen LogP contribution in [0.4, 0.5) is 0 Å². The number of carbonyl (C=O) groups excluding carboxylic acids is 1. The van der Waals surface area contributed by atoms with Crippen molar-refractivity contribution in [2.45, 2.75) is 44.2 Å². The van der Waals surface area contributed by atoms with Crippen LogP contribution in [-0.2, 0) is 9.53 Å². The van der Waals surface area contributed by atoms with Gasteiger partial charge in [0, 0.05) is 26.3 Å². The van der Waals surface area contributed by atoms with Crippen molar-refractivity contribution in [3.8, 4) is 0 Å². The third-order valence-electron chi connectivity index (χ3n) is 4.20. The third kappa shape index (κ3) is 4.16. The van der Waals surface area contributed by atoms with Crippen LogP contribution in [0.15, 0.2) is 0 Å². The van der Waals surface area contributed by atoms with E-state index in [0.717, 1.165) is 45.4 Å². The SMILES string of the molecule is COCCCNC(=O)C1CCCN1C1CCNCC1. The largest absolute Gasteiger partial charge is 0.385 e. The van der Waals surface area contributed by atoms with Crippen LogP contribution in [-0.4, -0.2) is 62.8 Å². The summed E-state index contributed by atoms with van der Waals surface area (Å²) in [6.45, 7) is 4.69. The molecule has 2 saturated heterocycles. The molecular formula is C14H27N3O2. The number of amides is 1. The van der Waals surface area contributed by atoms with Crippen LogP contribution >= 0.6 is 0 Å². The van der Waals surface area contributed by atoms with Crippen molar-refractivity contribution in [2.24, 2.45) is 0 Å². The van der Waals surface area contributed by atoms with E-state index < -0.39 is 0 Å². The van der Waals surface area contributed by atoms with Crippen LogP contribution in [0.2, 0.25) is 0 Å². The Hall–Kier alpha value is -0.650. The molecule has 2 aliphatic rings. The summed E-state index contributed by atoms with van der Waals surface area (Å²) in [7, 11) is 1.69. The molecule has 0 aliphatic carbocycles. The quantitative estimate of drug-likeness (QED) is 0.684. The van der Waals surface area contributed by atoms with Gasteiger partial charge in [-0.15, -0.1) is 0 Å². The van der Waals surface area contributed by atoms with E-state index in [1.165, 1.54) is 12.8 Å². The molecule has 5 nitrogen and oxygen atoms in total. The lowest BCUT2D eigenvalue weighted by Gasteiger charge is -2.35. The normalized spacial score (nSPS) is 25.6. The number of hydrogen-bond donors (Lipinski definition) is 2. The molecule has 0 spiro atoms. The molecule has 2 fully saturated rings. The minimum absolute atomic E-state index is 0.102. The number of nitrogens with zero attached hydrogens (tertiary/aromatic N) is 1. The van der Waals surface area contributed by atoms with Gasteiger partial charge in [0.1, 0.15) is 0 Å². The Labute approximate surface area is 116 Å². The second kappa shape index (κ2) is 7.82. The van der Waals surface area contributed by atoms with Crippen LogP contribution in [0.25, 0.3) is 0 Å². The molecule has 0 aromatic rings. The summed E-state index contributed by atoms with van der Waals surface area (Å²) in [5.41, 5.74) is 0. The molecular weight excluding hydrogens is 242 g/mol. The van der Waals surface area contributed by atoms with Gasteiger partial charge in [0.15, 0.2) is 0 Å². The van der Waals surface area contributed by atoms with Gasteiger partial charge in [-0.25, -0.2) is 0 Å². The number of likely N-dealkylation sites (tertiary alicyclic amines) is 1. The molecule has 0 saturated carbocycles. The summed E-state index contributed by atoms with van der Waals surface area (Å²) in [6.07, 6.45) is 5.41. The fourth-order valence-electron chi connectivity index (χ4n) is 3.19. The highest BCUT2D eigenvalue weighted by molar-refractivity contribution is 5.82. The Bertz CT molecular complexity index is 280. The monoisotopic (exact) mass is 269 g/mol. The molecule has 1 atom stereocenters. The van der Waals surface area contributed by atoms with E-state index in [0.29, 0.717) is 12.6 Å². The molecule has 2 heterocycles. The fourth-order valence-corrected chi connectivity index (χ4v) is 3.19. The maximum atomic E-state index is 12.3. The number of carbonyl (C=O) groups is 1. The first-order valence-corrected chi connectivity index (χ1v) is 7.56. The van der Waals surface area contributed by atoms with Crippen molar-refractivity contribution in [1.29, 1.82) is 0 Å². The Morgan fingerprint density at radius 1 is 1.37 bits per heavy atom. The summed E-state index contributed by atoms with van der Waals surface area (Å²) < 4.78 is 5.00. The number of ether oxygens (including phenoxy) is 1. The molecule has 2 aliphatic heterocycles. The number of piperidine rings is 1. The molecule has 2 N–H and O–H groups in total. The Kier molecular flexibility index (Phi) is 6.07. The smallest absolute Gasteiger partial charge is 0.237 e. The zero-order chi connectivity index (χ0) is 13.5. The predicted octanol–water partition coefficient (Wildman–Crippen LogP) is 0.356. The number of methoxy groups -OCH3 is 1. The van der Waals surface area contributed by atoms with E-state index in [-0.39, 0.29) is 11.9 Å². The summed E-state index contributed by atoms with van der Waals surface area (Å²) in [5, 5.41) is 6.44. The summed E-state index contributed by atoms with van der Waals surface area (Å²) in [6, 6.07) is 0.698. The van der Waals surface area contributed by atoms with E-state index in [4.69, 9.17) is 4.74 Å². The van der Waals surface area contributed by atoms with Crippen molar-refractivity contribution in [2.75, 3.05) is 39.9 Å². The maximum Gasteiger partial charge on any atom is 0.237 e. The number of rotatable bonds is 6. The average molecular weight is 269 g/mol. The predicted molar refractivity (Wildman–Crippen MR) is 75.1 cm³/mol. The van der Waals surface area contributed by atoms with Crippen LogP contribution in [0.5, 0.6) is 0 Å². The molecule has 0 aromatic heterocycles. The first-order valence-electron chi connectivity index (χ1n) is 7.56. The summed E-state index contributed by atoms with van der Waals surface area (Å²) in [4.78, 5) is 14.7. The topological polar surface area (TPSA) is 53.6 Å². The number of nitrogens with one attached hydrogen (secondary N) is 2. The molecule has 0 aromatic carbocycles. The molecule has 110 valence electrons. The van der Waals surface area contributed by atoms with Gasteiger partial charge in [-0.05, 0) is 51.7 Å². The van der Waals surface area contributed by atoms with Gasteiger partial charge < -0.3 is 15.4 Å². The molecule has 1 unspecified atom stereocenters. The van der Waals surface area contributed by atoms with Gasteiger partial charge in [0.05, 0.1) is 6.04 Å². The van der Waals surface area contributed by atoms with Gasteiger partial charge >= 0.3 is 0 Å². The standard InChI is InChI=1S/C14H27N3O2/c1-19-11-3-7-16-14(18)13-4-2-10-17(13)12-5-8-15-9-6-12/h12-13,15H,2-11H2,1H3,(H,16,18). The first-order chi connectivity index (χ1) is 9.33. The van der Waals surface area contributed by atoms with Crippen LogP contribution in [0, 0.1) is 0 Å². The van der Waals surface area contributed by atoms with Gasteiger partial charge in [-0.3, -0.25) is 9.69 Å². The zero-order valence-corrected chi connectivity index (χ0v) is 12.0. The van der Waals surface area contributed by atoms with E-state index >= 15 is 0 Å². The lowest BCUT2D eigenvalue weighted by atomic mass is 10.0. The van der Waals surface area contributed by atoms with Crippen LogP contribution in [0.1, 0.15) is 32.1 Å². The Balaban J connectivity index is 1.78. The first kappa shape index (κ1) is 14.8. The van der Waals surface area contributed by atoms with E-state index in [9.17, 15) is 4.79 Å².